The van der Waals surface area contributed by atoms with Gasteiger partial charge < -0.3 is 11.1 Å². The van der Waals surface area contributed by atoms with Gasteiger partial charge in [0.25, 0.3) is 0 Å². The molecular formula is C13H23N3. The molecule has 16 heavy (non-hydrogen) atoms. The molecule has 0 aliphatic carbocycles. The van der Waals surface area contributed by atoms with Crippen molar-refractivity contribution in [2.75, 3.05) is 12.3 Å². The molecule has 0 bridgehead atoms. The van der Waals surface area contributed by atoms with E-state index in [-0.39, 0.29) is 5.41 Å². The summed E-state index contributed by atoms with van der Waals surface area (Å²) in [6.45, 7) is 9.77. The van der Waals surface area contributed by atoms with Crippen LogP contribution in [-0.2, 0) is 0 Å². The highest BCUT2D eigenvalue weighted by atomic mass is 14.9. The summed E-state index contributed by atoms with van der Waals surface area (Å²) in [7, 11) is 0. The van der Waals surface area contributed by atoms with Gasteiger partial charge in [0.2, 0.25) is 0 Å². The molecule has 3 heteroatoms. The van der Waals surface area contributed by atoms with Crippen LogP contribution in [0.3, 0.4) is 0 Å². The Kier molecular flexibility index (Phi) is 4.30. The molecule has 1 aromatic heterocycles. The Balaban J connectivity index is 2.89. The molecule has 1 unspecified atom stereocenters. The van der Waals surface area contributed by atoms with E-state index in [1.165, 1.54) is 0 Å². The maximum absolute atomic E-state index is 5.92. The maximum Gasteiger partial charge on any atom is 0.128 e. The molecule has 0 radical (unpaired) electrons. The van der Waals surface area contributed by atoms with Gasteiger partial charge in [0.1, 0.15) is 5.82 Å². The minimum Gasteiger partial charge on any atom is -0.383 e. The molecule has 0 aliphatic heterocycles. The summed E-state index contributed by atoms with van der Waals surface area (Å²) in [6, 6.07) is 4.29. The first-order chi connectivity index (χ1) is 7.44. The summed E-state index contributed by atoms with van der Waals surface area (Å²) in [6.07, 6.45) is 2.79. The zero-order valence-corrected chi connectivity index (χ0v) is 10.7. The van der Waals surface area contributed by atoms with Crippen LogP contribution in [0.15, 0.2) is 18.3 Å². The van der Waals surface area contributed by atoms with E-state index in [9.17, 15) is 0 Å². The quantitative estimate of drug-likeness (QED) is 0.822. The number of pyridine rings is 1. The molecule has 0 fully saturated rings. The first kappa shape index (κ1) is 13.0. The zero-order chi connectivity index (χ0) is 12.2. The zero-order valence-electron chi connectivity index (χ0n) is 10.7. The van der Waals surface area contributed by atoms with E-state index < -0.39 is 0 Å². The largest absolute Gasteiger partial charge is 0.383 e. The molecule has 0 saturated carbocycles. The van der Waals surface area contributed by atoms with Crippen molar-refractivity contribution < 1.29 is 0 Å². The van der Waals surface area contributed by atoms with Crippen LogP contribution in [0.2, 0.25) is 0 Å². The van der Waals surface area contributed by atoms with Gasteiger partial charge in [0.15, 0.2) is 0 Å². The van der Waals surface area contributed by atoms with Gasteiger partial charge in [0, 0.05) is 17.8 Å². The van der Waals surface area contributed by atoms with Crippen LogP contribution in [0.1, 0.15) is 45.7 Å². The van der Waals surface area contributed by atoms with Crippen molar-refractivity contribution in [2.24, 2.45) is 5.41 Å². The number of aromatic nitrogens is 1. The third-order valence-electron chi connectivity index (χ3n) is 2.51. The van der Waals surface area contributed by atoms with Gasteiger partial charge in [-0.25, -0.2) is 4.98 Å². The number of hydrogen-bond donors (Lipinski definition) is 2. The Morgan fingerprint density at radius 3 is 2.62 bits per heavy atom. The topological polar surface area (TPSA) is 50.9 Å². The van der Waals surface area contributed by atoms with Crippen molar-refractivity contribution in [2.45, 2.75) is 40.2 Å². The second-order valence-electron chi connectivity index (χ2n) is 5.35. The molecule has 90 valence electrons. The average Bonchev–Trinajstić information content (AvgIpc) is 2.16. The van der Waals surface area contributed by atoms with Gasteiger partial charge in [-0.3, -0.25) is 0 Å². The highest BCUT2D eigenvalue weighted by Crippen LogP contribution is 2.31. The molecule has 3 N–H and O–H groups in total. The predicted molar refractivity (Wildman–Crippen MR) is 69.1 cm³/mol. The summed E-state index contributed by atoms with van der Waals surface area (Å²) in [5, 5.41) is 3.48. The van der Waals surface area contributed by atoms with Crippen molar-refractivity contribution in [1.29, 1.82) is 0 Å². The number of anilines is 1. The lowest BCUT2D eigenvalue weighted by Crippen LogP contribution is -2.26. The molecule has 0 aromatic carbocycles. The fraction of sp³-hybridized carbons (Fsp3) is 0.615. The molecule has 1 heterocycles. The van der Waals surface area contributed by atoms with Crippen LogP contribution in [0, 0.1) is 5.41 Å². The summed E-state index contributed by atoms with van der Waals surface area (Å²) in [5.41, 5.74) is 7.30. The Hall–Kier alpha value is -1.09. The highest BCUT2D eigenvalue weighted by Gasteiger charge is 2.21. The Labute approximate surface area is 98.5 Å². The third kappa shape index (κ3) is 3.81. The molecule has 0 amide bonds. The van der Waals surface area contributed by atoms with Crippen molar-refractivity contribution >= 4 is 5.82 Å². The van der Waals surface area contributed by atoms with E-state index in [0.29, 0.717) is 11.9 Å². The fourth-order valence-corrected chi connectivity index (χ4v) is 1.88. The van der Waals surface area contributed by atoms with Crippen molar-refractivity contribution in [1.82, 2.24) is 10.3 Å². The fourth-order valence-electron chi connectivity index (χ4n) is 1.88. The lowest BCUT2D eigenvalue weighted by atomic mass is 9.85. The normalized spacial score (nSPS) is 13.8. The lowest BCUT2D eigenvalue weighted by molar-refractivity contribution is 0.314. The lowest BCUT2D eigenvalue weighted by Gasteiger charge is -2.27. The molecular weight excluding hydrogens is 198 g/mol. The molecule has 0 aliphatic rings. The summed E-state index contributed by atoms with van der Waals surface area (Å²) in [5.74, 6) is 0.637. The van der Waals surface area contributed by atoms with Gasteiger partial charge >= 0.3 is 0 Å². The number of nitrogens with zero attached hydrogens (tertiary/aromatic N) is 1. The third-order valence-corrected chi connectivity index (χ3v) is 2.51. The minimum absolute atomic E-state index is 0.273. The number of nitrogens with one attached hydrogen (secondary N) is 1. The number of nitrogens with two attached hydrogens (primary N) is 1. The number of nitrogen functional groups attached to an aromatic ring is 1. The summed E-state index contributed by atoms with van der Waals surface area (Å²) >= 11 is 0. The monoisotopic (exact) mass is 221 g/mol. The van der Waals surface area contributed by atoms with Crippen LogP contribution in [-0.4, -0.2) is 11.5 Å². The van der Waals surface area contributed by atoms with E-state index in [1.807, 2.05) is 6.07 Å². The molecule has 0 saturated heterocycles. The first-order valence-corrected chi connectivity index (χ1v) is 5.88. The van der Waals surface area contributed by atoms with Crippen LogP contribution >= 0.6 is 0 Å². The van der Waals surface area contributed by atoms with Crippen molar-refractivity contribution in [3.63, 3.8) is 0 Å². The van der Waals surface area contributed by atoms with Crippen LogP contribution in [0.4, 0.5) is 5.82 Å². The summed E-state index contributed by atoms with van der Waals surface area (Å²) in [4.78, 5) is 4.15. The van der Waals surface area contributed by atoms with Gasteiger partial charge in [-0.15, -0.1) is 0 Å². The Bertz CT molecular complexity index is 328. The smallest absolute Gasteiger partial charge is 0.128 e. The number of rotatable bonds is 4. The van der Waals surface area contributed by atoms with Crippen molar-refractivity contribution in [3.8, 4) is 0 Å². The van der Waals surface area contributed by atoms with Crippen LogP contribution < -0.4 is 11.1 Å². The second kappa shape index (κ2) is 5.30. The van der Waals surface area contributed by atoms with Gasteiger partial charge in [-0.1, -0.05) is 33.8 Å². The van der Waals surface area contributed by atoms with E-state index in [1.54, 1.807) is 6.20 Å². The van der Waals surface area contributed by atoms with Crippen molar-refractivity contribution in [3.05, 3.63) is 23.9 Å². The van der Waals surface area contributed by atoms with E-state index in [2.05, 4.69) is 44.1 Å². The standard InChI is InChI=1S/C13H23N3/c1-5-15-11(9-13(2,3)4)10-7-6-8-16-12(10)14/h6-8,11,15H,5,9H2,1-4H3,(H2,14,16). The summed E-state index contributed by atoms with van der Waals surface area (Å²) < 4.78 is 0. The SMILES string of the molecule is CCNC(CC(C)(C)C)c1cccnc1N. The van der Waals surface area contributed by atoms with Gasteiger partial charge in [-0.05, 0) is 24.4 Å². The molecule has 1 atom stereocenters. The van der Waals surface area contributed by atoms with Gasteiger partial charge in [0.05, 0.1) is 0 Å². The highest BCUT2D eigenvalue weighted by molar-refractivity contribution is 5.40. The van der Waals surface area contributed by atoms with Crippen LogP contribution in [0.5, 0.6) is 0 Å². The predicted octanol–water partition coefficient (Wildman–Crippen LogP) is 2.75. The van der Waals surface area contributed by atoms with Crippen LogP contribution in [0.25, 0.3) is 0 Å². The Morgan fingerprint density at radius 2 is 2.12 bits per heavy atom. The number of hydrogen-bond acceptors (Lipinski definition) is 3. The Morgan fingerprint density at radius 1 is 1.44 bits per heavy atom. The first-order valence-electron chi connectivity index (χ1n) is 5.88. The van der Waals surface area contributed by atoms with E-state index in [0.717, 1.165) is 18.5 Å². The average molecular weight is 221 g/mol. The second-order valence-corrected chi connectivity index (χ2v) is 5.35. The van der Waals surface area contributed by atoms with Gasteiger partial charge in [-0.2, -0.15) is 0 Å². The van der Waals surface area contributed by atoms with E-state index in [4.69, 9.17) is 5.73 Å². The van der Waals surface area contributed by atoms with E-state index >= 15 is 0 Å². The maximum atomic E-state index is 5.92. The molecule has 1 aromatic rings. The minimum atomic E-state index is 0.273. The molecule has 0 spiro atoms. The molecule has 3 nitrogen and oxygen atoms in total. The molecule has 1 rings (SSSR count).